The van der Waals surface area contributed by atoms with E-state index in [2.05, 4.69) is 21.7 Å². The molecule has 0 unspecified atom stereocenters. The molecular weight excluding hydrogens is 332 g/mol. The Morgan fingerprint density at radius 1 is 1.32 bits per heavy atom. The highest BCUT2D eigenvalue weighted by atomic mass is 32.1. The number of nitrogens with zero attached hydrogens (tertiary/aromatic N) is 3. The first kappa shape index (κ1) is 15.6. The fourth-order valence-electron chi connectivity index (χ4n) is 4.28. The number of aryl methyl sites for hydroxylation is 1. The van der Waals surface area contributed by atoms with Crippen LogP contribution in [-0.2, 0) is 18.4 Å². The zero-order valence-electron chi connectivity index (χ0n) is 14.6. The van der Waals surface area contributed by atoms with Crippen LogP contribution < -0.4 is 5.32 Å². The van der Waals surface area contributed by atoms with Gasteiger partial charge in [0.25, 0.3) is 0 Å². The second-order valence-corrected chi connectivity index (χ2v) is 8.63. The zero-order valence-corrected chi connectivity index (χ0v) is 15.4. The van der Waals surface area contributed by atoms with Gasteiger partial charge in [0.1, 0.15) is 5.82 Å². The molecule has 25 heavy (non-hydrogen) atoms. The summed E-state index contributed by atoms with van der Waals surface area (Å²) >= 11 is 1.81. The van der Waals surface area contributed by atoms with Crippen molar-refractivity contribution in [2.24, 2.45) is 7.05 Å². The second kappa shape index (κ2) is 5.95. The van der Waals surface area contributed by atoms with Crippen molar-refractivity contribution in [1.29, 1.82) is 0 Å². The van der Waals surface area contributed by atoms with Crippen LogP contribution in [0.2, 0.25) is 0 Å². The van der Waals surface area contributed by atoms with Crippen molar-refractivity contribution in [2.75, 3.05) is 18.4 Å². The number of anilines is 1. The number of hydrogen-bond donors (Lipinski definition) is 1. The third-order valence-electron chi connectivity index (χ3n) is 5.69. The molecule has 1 atom stereocenters. The Labute approximate surface area is 152 Å². The van der Waals surface area contributed by atoms with Gasteiger partial charge in [0.15, 0.2) is 0 Å². The van der Waals surface area contributed by atoms with Crippen molar-refractivity contribution >= 4 is 23.1 Å². The largest absolute Gasteiger partial charge is 0.311 e. The number of thiophene rings is 1. The maximum Gasteiger partial charge on any atom is 0.226 e. The van der Waals surface area contributed by atoms with E-state index in [9.17, 15) is 4.79 Å². The average Bonchev–Trinajstić information content (AvgIpc) is 2.99. The Balaban J connectivity index is 1.48. The third kappa shape index (κ3) is 2.81. The highest BCUT2D eigenvalue weighted by Crippen LogP contribution is 2.49. The van der Waals surface area contributed by atoms with Gasteiger partial charge in [-0.1, -0.05) is 0 Å². The van der Waals surface area contributed by atoms with Crippen LogP contribution in [0.4, 0.5) is 5.82 Å². The summed E-state index contributed by atoms with van der Waals surface area (Å²) in [5.41, 5.74) is 3.89. The minimum atomic E-state index is 0.109. The quantitative estimate of drug-likeness (QED) is 0.913. The molecular formula is C19H24N4OS. The summed E-state index contributed by atoms with van der Waals surface area (Å²) < 4.78 is 1.87. The lowest BCUT2D eigenvalue weighted by molar-refractivity contribution is -0.116. The van der Waals surface area contributed by atoms with Gasteiger partial charge in [-0.25, -0.2) is 0 Å². The maximum atomic E-state index is 12.3. The first-order chi connectivity index (χ1) is 12.2. The van der Waals surface area contributed by atoms with Crippen molar-refractivity contribution < 1.29 is 4.79 Å². The number of rotatable bonds is 4. The fourth-order valence-corrected chi connectivity index (χ4v) is 5.30. The monoisotopic (exact) mass is 356 g/mol. The smallest absolute Gasteiger partial charge is 0.226 e. The minimum Gasteiger partial charge on any atom is -0.311 e. The summed E-state index contributed by atoms with van der Waals surface area (Å²) in [5.74, 6) is 1.79. The predicted octanol–water partition coefficient (Wildman–Crippen LogP) is 3.43. The Hall–Kier alpha value is -1.66. The topological polar surface area (TPSA) is 50.2 Å². The second-order valence-electron chi connectivity index (χ2n) is 7.69. The molecule has 2 aromatic rings. The van der Waals surface area contributed by atoms with E-state index in [0.29, 0.717) is 12.3 Å². The minimum absolute atomic E-state index is 0.109. The van der Waals surface area contributed by atoms with Gasteiger partial charge >= 0.3 is 0 Å². The number of likely N-dealkylation sites (tertiary alicyclic amines) is 1. The lowest BCUT2D eigenvalue weighted by atomic mass is 9.89. The van der Waals surface area contributed by atoms with Gasteiger partial charge in [-0.3, -0.25) is 14.4 Å². The number of nitrogens with one attached hydrogen (secondary N) is 1. The van der Waals surface area contributed by atoms with Crippen molar-refractivity contribution in [3.05, 3.63) is 33.1 Å². The third-order valence-corrected chi connectivity index (χ3v) is 6.79. The van der Waals surface area contributed by atoms with E-state index >= 15 is 0 Å². The molecule has 1 aliphatic carbocycles. The van der Waals surface area contributed by atoms with E-state index in [4.69, 9.17) is 5.10 Å². The van der Waals surface area contributed by atoms with Gasteiger partial charge in [0, 0.05) is 42.3 Å². The van der Waals surface area contributed by atoms with Crippen LogP contribution in [-0.4, -0.2) is 33.7 Å². The molecule has 0 spiro atoms. The number of amides is 1. The molecule has 0 bridgehead atoms. The Morgan fingerprint density at radius 3 is 2.88 bits per heavy atom. The highest BCUT2D eigenvalue weighted by molar-refractivity contribution is 7.10. The predicted molar refractivity (Wildman–Crippen MR) is 99.1 cm³/mol. The molecule has 1 amide bonds. The molecule has 132 valence electrons. The Morgan fingerprint density at radius 2 is 2.12 bits per heavy atom. The molecule has 0 radical (unpaired) electrons. The van der Waals surface area contributed by atoms with Crippen LogP contribution in [0.15, 0.2) is 11.4 Å². The van der Waals surface area contributed by atoms with Crippen molar-refractivity contribution in [1.82, 2.24) is 14.7 Å². The fraction of sp³-hybridized carbons (Fsp3) is 0.579. The Bertz CT molecular complexity index is 814. The van der Waals surface area contributed by atoms with Crippen molar-refractivity contribution in [3.63, 3.8) is 0 Å². The molecule has 2 aliphatic heterocycles. The van der Waals surface area contributed by atoms with Gasteiger partial charge in [0.05, 0.1) is 5.69 Å². The number of hydrogen-bond acceptors (Lipinski definition) is 4. The number of fused-ring (bicyclic) bond motifs is 1. The first-order valence-corrected chi connectivity index (χ1v) is 10.2. The van der Waals surface area contributed by atoms with Crippen molar-refractivity contribution in [3.8, 4) is 0 Å². The summed E-state index contributed by atoms with van der Waals surface area (Å²) in [4.78, 5) is 16.1. The summed E-state index contributed by atoms with van der Waals surface area (Å²) in [6.45, 7) is 3.48. The van der Waals surface area contributed by atoms with E-state index in [1.54, 1.807) is 0 Å². The highest BCUT2D eigenvalue weighted by Gasteiger charge is 2.38. The molecule has 2 aromatic heterocycles. The van der Waals surface area contributed by atoms with E-state index in [1.807, 2.05) is 23.1 Å². The molecule has 6 heteroatoms. The van der Waals surface area contributed by atoms with Gasteiger partial charge < -0.3 is 5.32 Å². The van der Waals surface area contributed by atoms with Gasteiger partial charge in [0.2, 0.25) is 5.91 Å². The molecule has 1 saturated carbocycles. The summed E-state index contributed by atoms with van der Waals surface area (Å²) in [6, 6.07) is 2.33. The van der Waals surface area contributed by atoms with Crippen LogP contribution in [0.3, 0.4) is 0 Å². The van der Waals surface area contributed by atoms with Crippen LogP contribution in [0, 0.1) is 0 Å². The number of aromatic nitrogens is 2. The molecule has 3 aliphatic rings. The van der Waals surface area contributed by atoms with E-state index in [0.717, 1.165) is 12.4 Å². The molecule has 5 nitrogen and oxygen atoms in total. The van der Waals surface area contributed by atoms with Crippen LogP contribution in [0.25, 0.3) is 0 Å². The number of carbonyl (C=O) groups is 1. The molecule has 1 saturated heterocycles. The lowest BCUT2D eigenvalue weighted by Crippen LogP contribution is -2.24. The molecule has 4 heterocycles. The molecule has 2 fully saturated rings. The average molecular weight is 356 g/mol. The van der Waals surface area contributed by atoms with Crippen molar-refractivity contribution in [2.45, 2.75) is 50.5 Å². The summed E-state index contributed by atoms with van der Waals surface area (Å²) in [5, 5.41) is 10.1. The lowest BCUT2D eigenvalue weighted by Gasteiger charge is -2.23. The zero-order chi connectivity index (χ0) is 17.0. The molecule has 0 aromatic carbocycles. The van der Waals surface area contributed by atoms with E-state index < -0.39 is 0 Å². The van der Waals surface area contributed by atoms with Gasteiger partial charge in [-0.05, 0) is 55.8 Å². The van der Waals surface area contributed by atoms with Gasteiger partial charge in [-0.15, -0.1) is 11.3 Å². The van der Waals surface area contributed by atoms with E-state index in [-0.39, 0.29) is 11.8 Å². The SMILES string of the molecule is Cn1nc(C2CC2)c2c1NC(=O)C[C@@H]2c1cc(CN2CCCC2)cs1. The Kier molecular flexibility index (Phi) is 3.71. The standard InChI is InChI=1S/C19H24N4OS/c1-22-19-17(18(21-22)13-4-5-13)14(9-16(24)20-19)15-8-12(11-25-15)10-23-6-2-3-7-23/h8,11,13-14H,2-7,9-10H2,1H3,(H,20,24)/t14-/m1/s1. The van der Waals surface area contributed by atoms with E-state index in [1.165, 1.54) is 60.5 Å². The van der Waals surface area contributed by atoms with Crippen LogP contribution in [0.5, 0.6) is 0 Å². The first-order valence-electron chi connectivity index (χ1n) is 9.35. The van der Waals surface area contributed by atoms with Gasteiger partial charge in [-0.2, -0.15) is 5.10 Å². The molecule has 5 rings (SSSR count). The normalized spacial score (nSPS) is 23.7. The van der Waals surface area contributed by atoms with Crippen LogP contribution >= 0.6 is 11.3 Å². The van der Waals surface area contributed by atoms with Crippen LogP contribution in [0.1, 0.15) is 65.6 Å². The summed E-state index contributed by atoms with van der Waals surface area (Å²) in [6.07, 6.45) is 5.65. The maximum absolute atomic E-state index is 12.3. The molecule has 1 N–H and O–H groups in total. The number of carbonyl (C=O) groups excluding carboxylic acids is 1. The summed E-state index contributed by atoms with van der Waals surface area (Å²) in [7, 11) is 1.95.